The summed E-state index contributed by atoms with van der Waals surface area (Å²) in [6.07, 6.45) is 2.56. The Morgan fingerprint density at radius 3 is 2.55 bits per heavy atom. The topological polar surface area (TPSA) is 45.5 Å². The molecule has 0 bridgehead atoms. The molecule has 0 saturated carbocycles. The van der Waals surface area contributed by atoms with Crippen LogP contribution in [0.3, 0.4) is 0 Å². The normalized spacial score (nSPS) is 17.2. The molecule has 4 nitrogen and oxygen atoms in total. The van der Waals surface area contributed by atoms with Crippen LogP contribution in [0.25, 0.3) is 0 Å². The highest BCUT2D eigenvalue weighted by atomic mass is 16.5. The van der Waals surface area contributed by atoms with Crippen LogP contribution in [0.2, 0.25) is 0 Å². The third-order valence-electron chi connectivity index (χ3n) is 4.46. The number of hydrogen-bond donors (Lipinski definition) is 0. The van der Waals surface area contributed by atoms with E-state index in [-0.39, 0.29) is 5.41 Å². The first kappa shape index (κ1) is 16.8. The van der Waals surface area contributed by atoms with Crippen LogP contribution in [0.15, 0.2) is 24.3 Å². The molecule has 1 saturated heterocycles. The monoisotopic (exact) mass is 302 g/mol. The van der Waals surface area contributed by atoms with E-state index in [0.29, 0.717) is 13.2 Å². The number of ether oxygens (including phenoxy) is 2. The van der Waals surface area contributed by atoms with E-state index in [2.05, 4.69) is 24.9 Å². The molecule has 0 aromatic heterocycles. The Labute approximate surface area is 133 Å². The molecule has 0 spiro atoms. The molecule has 2 rings (SSSR count). The molecule has 1 aromatic carbocycles. The lowest BCUT2D eigenvalue weighted by molar-refractivity contribution is 0.0675. The fraction of sp³-hybridized carbons (Fsp3) is 0.611. The summed E-state index contributed by atoms with van der Waals surface area (Å²) in [4.78, 5) is 2.27. The zero-order valence-corrected chi connectivity index (χ0v) is 13.7. The Morgan fingerprint density at radius 1 is 1.27 bits per heavy atom. The summed E-state index contributed by atoms with van der Waals surface area (Å²) in [6.45, 7) is 6.32. The second-order valence-corrected chi connectivity index (χ2v) is 5.93. The van der Waals surface area contributed by atoms with E-state index in [0.717, 1.165) is 50.3 Å². The second-order valence-electron chi connectivity index (χ2n) is 5.93. The molecular formula is C18H26N2O2. The lowest BCUT2D eigenvalue weighted by Gasteiger charge is -2.31. The summed E-state index contributed by atoms with van der Waals surface area (Å²) in [5.41, 5.74) is 0.692. The van der Waals surface area contributed by atoms with Crippen molar-refractivity contribution >= 4 is 0 Å². The Morgan fingerprint density at radius 2 is 1.95 bits per heavy atom. The van der Waals surface area contributed by atoms with Crippen LogP contribution < -0.4 is 4.74 Å². The number of nitrogens with zero attached hydrogens (tertiary/aromatic N) is 2. The molecule has 1 aliphatic rings. The van der Waals surface area contributed by atoms with Gasteiger partial charge in [0.2, 0.25) is 0 Å². The van der Waals surface area contributed by atoms with Gasteiger partial charge in [-0.3, -0.25) is 0 Å². The van der Waals surface area contributed by atoms with Crippen LogP contribution >= 0.6 is 0 Å². The highest BCUT2D eigenvalue weighted by Gasteiger charge is 2.34. The van der Waals surface area contributed by atoms with Gasteiger partial charge in [0, 0.05) is 19.8 Å². The van der Waals surface area contributed by atoms with Crippen molar-refractivity contribution in [3.05, 3.63) is 29.8 Å². The Kier molecular flexibility index (Phi) is 6.23. The number of hydrogen-bond acceptors (Lipinski definition) is 4. The Hall–Kier alpha value is -1.57. The number of nitriles is 1. The van der Waals surface area contributed by atoms with Crippen molar-refractivity contribution in [2.45, 2.75) is 31.6 Å². The smallest absolute Gasteiger partial charge is 0.119 e. The van der Waals surface area contributed by atoms with Crippen LogP contribution in [-0.2, 0) is 10.2 Å². The van der Waals surface area contributed by atoms with Crippen molar-refractivity contribution in [1.82, 2.24) is 4.90 Å². The van der Waals surface area contributed by atoms with E-state index in [1.807, 2.05) is 24.3 Å². The predicted octanol–water partition coefficient (Wildman–Crippen LogP) is 2.98. The average molecular weight is 302 g/mol. The molecule has 4 heteroatoms. The maximum absolute atomic E-state index is 9.57. The van der Waals surface area contributed by atoms with Gasteiger partial charge in [0.05, 0.1) is 18.1 Å². The van der Waals surface area contributed by atoms with Gasteiger partial charge in [0.1, 0.15) is 5.75 Å². The third-order valence-corrected chi connectivity index (χ3v) is 4.46. The quantitative estimate of drug-likeness (QED) is 0.726. The first-order chi connectivity index (χ1) is 10.7. The highest BCUT2D eigenvalue weighted by molar-refractivity contribution is 5.37. The zero-order chi connectivity index (χ0) is 15.8. The lowest BCUT2D eigenvalue weighted by Crippen LogP contribution is -2.32. The summed E-state index contributed by atoms with van der Waals surface area (Å²) < 4.78 is 11.2. The van der Waals surface area contributed by atoms with Crippen molar-refractivity contribution in [3.63, 3.8) is 0 Å². The van der Waals surface area contributed by atoms with Gasteiger partial charge >= 0.3 is 0 Å². The van der Waals surface area contributed by atoms with E-state index in [1.54, 1.807) is 0 Å². The van der Waals surface area contributed by atoms with Crippen molar-refractivity contribution < 1.29 is 9.47 Å². The third kappa shape index (κ3) is 4.22. The summed E-state index contributed by atoms with van der Waals surface area (Å²) in [5, 5.41) is 9.57. The van der Waals surface area contributed by atoms with Crippen molar-refractivity contribution in [1.29, 1.82) is 5.26 Å². The molecule has 0 unspecified atom stereocenters. The standard InChI is InChI=1S/C18H26N2O2/c1-3-20(2)11-4-12-22-17-7-5-16(6-8-17)18(15-19)9-13-21-14-10-18/h5-8H,3-4,9-14H2,1-2H3. The molecule has 0 aliphatic carbocycles. The molecule has 22 heavy (non-hydrogen) atoms. The van der Waals surface area contributed by atoms with Gasteiger partial charge in [-0.2, -0.15) is 5.26 Å². The molecular weight excluding hydrogens is 276 g/mol. The summed E-state index contributed by atoms with van der Waals surface area (Å²) in [6, 6.07) is 10.5. The molecule has 0 radical (unpaired) electrons. The number of benzene rings is 1. The maximum Gasteiger partial charge on any atom is 0.119 e. The van der Waals surface area contributed by atoms with Gasteiger partial charge in [-0.05, 0) is 50.6 Å². The molecule has 0 N–H and O–H groups in total. The van der Waals surface area contributed by atoms with Crippen molar-refractivity contribution in [2.24, 2.45) is 0 Å². The van der Waals surface area contributed by atoms with Crippen LogP contribution in [-0.4, -0.2) is 44.9 Å². The van der Waals surface area contributed by atoms with Gasteiger partial charge in [-0.25, -0.2) is 0 Å². The van der Waals surface area contributed by atoms with Crippen LogP contribution in [0.4, 0.5) is 0 Å². The Balaban J connectivity index is 1.88. The minimum Gasteiger partial charge on any atom is -0.494 e. The molecule has 1 heterocycles. The lowest BCUT2D eigenvalue weighted by atomic mass is 9.75. The van der Waals surface area contributed by atoms with E-state index < -0.39 is 0 Å². The summed E-state index contributed by atoms with van der Waals surface area (Å²) >= 11 is 0. The fourth-order valence-corrected chi connectivity index (χ4v) is 2.74. The van der Waals surface area contributed by atoms with Crippen molar-refractivity contribution in [2.75, 3.05) is 40.0 Å². The molecule has 120 valence electrons. The largest absolute Gasteiger partial charge is 0.494 e. The van der Waals surface area contributed by atoms with E-state index >= 15 is 0 Å². The van der Waals surface area contributed by atoms with E-state index in [4.69, 9.17) is 9.47 Å². The zero-order valence-electron chi connectivity index (χ0n) is 13.7. The number of rotatable bonds is 7. The summed E-state index contributed by atoms with van der Waals surface area (Å²) in [7, 11) is 2.12. The average Bonchev–Trinajstić information content (AvgIpc) is 2.59. The van der Waals surface area contributed by atoms with Gasteiger partial charge in [-0.1, -0.05) is 19.1 Å². The highest BCUT2D eigenvalue weighted by Crippen LogP contribution is 2.34. The van der Waals surface area contributed by atoms with E-state index in [9.17, 15) is 5.26 Å². The van der Waals surface area contributed by atoms with Crippen LogP contribution in [0.5, 0.6) is 5.75 Å². The molecule has 1 aromatic rings. The summed E-state index contributed by atoms with van der Waals surface area (Å²) in [5.74, 6) is 0.878. The predicted molar refractivity (Wildman–Crippen MR) is 87.1 cm³/mol. The molecule has 1 fully saturated rings. The van der Waals surface area contributed by atoms with Crippen LogP contribution in [0, 0.1) is 11.3 Å². The van der Waals surface area contributed by atoms with Crippen LogP contribution in [0.1, 0.15) is 31.7 Å². The minimum absolute atomic E-state index is 0.388. The minimum atomic E-state index is -0.388. The first-order valence-corrected chi connectivity index (χ1v) is 8.11. The van der Waals surface area contributed by atoms with Gasteiger partial charge in [0.15, 0.2) is 0 Å². The SMILES string of the molecule is CCN(C)CCCOc1ccc(C2(C#N)CCOCC2)cc1. The Bertz CT molecular complexity index is 487. The van der Waals surface area contributed by atoms with Gasteiger partial charge in [0.25, 0.3) is 0 Å². The molecule has 1 aliphatic heterocycles. The van der Waals surface area contributed by atoms with E-state index in [1.165, 1.54) is 0 Å². The first-order valence-electron chi connectivity index (χ1n) is 8.11. The molecule has 0 atom stereocenters. The van der Waals surface area contributed by atoms with Crippen molar-refractivity contribution in [3.8, 4) is 11.8 Å². The second kappa shape index (κ2) is 8.17. The van der Waals surface area contributed by atoms with Gasteiger partial charge in [-0.15, -0.1) is 0 Å². The maximum atomic E-state index is 9.57. The molecule has 0 amide bonds. The fourth-order valence-electron chi connectivity index (χ4n) is 2.74. The van der Waals surface area contributed by atoms with Gasteiger partial charge < -0.3 is 14.4 Å².